The number of fused-ring (bicyclic) bond motifs is 2. The predicted molar refractivity (Wildman–Crippen MR) is 120 cm³/mol. The number of carbonyl (C=O) groups excluding carboxylic acids is 1. The first-order chi connectivity index (χ1) is 15.1. The highest BCUT2D eigenvalue weighted by atomic mass is 16.5. The first kappa shape index (κ1) is 20.7. The molecule has 31 heavy (non-hydrogen) atoms. The molecule has 0 N–H and O–H groups in total. The molecule has 1 aromatic carbocycles. The van der Waals surface area contributed by atoms with Crippen molar-refractivity contribution < 1.29 is 19.0 Å². The summed E-state index contributed by atoms with van der Waals surface area (Å²) in [6, 6.07) is 4.95. The molecule has 0 aromatic heterocycles. The van der Waals surface area contributed by atoms with Crippen LogP contribution in [-0.2, 0) is 4.79 Å². The van der Waals surface area contributed by atoms with E-state index in [1.165, 1.54) is 38.8 Å². The third-order valence-corrected chi connectivity index (χ3v) is 7.95. The van der Waals surface area contributed by atoms with E-state index in [0.29, 0.717) is 41.2 Å². The SMILES string of the molecule is COc1cc(/C=C2\CC[C@@H]3[C@H]4CCCN5CCC[C@@H](CN3C2=O)[C@@H]45)cc(OC)c1OC. The summed E-state index contributed by atoms with van der Waals surface area (Å²) in [6.45, 7) is 3.43. The van der Waals surface area contributed by atoms with E-state index in [4.69, 9.17) is 14.2 Å². The third-order valence-electron chi connectivity index (χ3n) is 7.95. The summed E-state index contributed by atoms with van der Waals surface area (Å²) in [5.74, 6) is 3.31. The van der Waals surface area contributed by atoms with Crippen molar-refractivity contribution in [3.05, 3.63) is 23.3 Å². The Morgan fingerprint density at radius 2 is 1.68 bits per heavy atom. The number of amides is 1. The van der Waals surface area contributed by atoms with Crippen molar-refractivity contribution in [2.45, 2.75) is 50.6 Å². The number of methoxy groups -OCH3 is 3. The molecule has 5 rings (SSSR count). The molecule has 4 atom stereocenters. The second-order valence-corrected chi connectivity index (χ2v) is 9.43. The van der Waals surface area contributed by atoms with Crippen molar-refractivity contribution in [1.29, 1.82) is 0 Å². The van der Waals surface area contributed by atoms with Gasteiger partial charge in [-0.3, -0.25) is 9.69 Å². The van der Waals surface area contributed by atoms with Gasteiger partial charge in [-0.1, -0.05) is 0 Å². The minimum atomic E-state index is 0.228. The summed E-state index contributed by atoms with van der Waals surface area (Å²) in [4.78, 5) is 18.6. The lowest BCUT2D eigenvalue weighted by molar-refractivity contribution is -0.145. The number of nitrogens with zero attached hydrogens (tertiary/aromatic N) is 2. The van der Waals surface area contributed by atoms with Crippen LogP contribution in [-0.4, -0.2) is 68.8 Å². The quantitative estimate of drug-likeness (QED) is 0.689. The van der Waals surface area contributed by atoms with Gasteiger partial charge in [-0.2, -0.15) is 0 Å². The lowest BCUT2D eigenvalue weighted by atomic mass is 9.67. The van der Waals surface area contributed by atoms with Crippen molar-refractivity contribution in [1.82, 2.24) is 9.80 Å². The van der Waals surface area contributed by atoms with Crippen molar-refractivity contribution >= 4 is 12.0 Å². The van der Waals surface area contributed by atoms with E-state index in [2.05, 4.69) is 9.80 Å². The summed E-state index contributed by atoms with van der Waals surface area (Å²) < 4.78 is 16.4. The molecule has 4 saturated heterocycles. The number of hydrogen-bond acceptors (Lipinski definition) is 5. The molecule has 0 bridgehead atoms. The Balaban J connectivity index is 1.43. The molecule has 0 unspecified atom stereocenters. The molecule has 0 radical (unpaired) electrons. The first-order valence-corrected chi connectivity index (χ1v) is 11.7. The van der Waals surface area contributed by atoms with E-state index in [1.54, 1.807) is 21.3 Å². The zero-order valence-corrected chi connectivity index (χ0v) is 18.9. The van der Waals surface area contributed by atoms with Crippen molar-refractivity contribution in [2.75, 3.05) is 41.0 Å². The van der Waals surface area contributed by atoms with E-state index in [9.17, 15) is 4.79 Å². The Kier molecular flexibility index (Phi) is 5.59. The lowest BCUT2D eigenvalue weighted by Gasteiger charge is -2.58. The van der Waals surface area contributed by atoms with Crippen molar-refractivity contribution in [3.63, 3.8) is 0 Å². The predicted octanol–water partition coefficient (Wildman–Crippen LogP) is 3.59. The molecule has 0 saturated carbocycles. The standard InChI is InChI=1S/C25H34N2O4/c1-29-21-13-16(14-22(30-2)24(21)31-3)12-17-8-9-20-19-7-5-11-26-10-4-6-18(23(19)26)15-27(20)25(17)28/h12-14,18-20,23H,4-11,15H2,1-3H3/b17-12+/t18-,19+,20+,23-/m0/s1. The van der Waals surface area contributed by atoms with Crippen LogP contribution in [0.5, 0.6) is 17.2 Å². The zero-order chi connectivity index (χ0) is 21.5. The second kappa shape index (κ2) is 8.38. The molecule has 6 heteroatoms. The van der Waals surface area contributed by atoms with E-state index < -0.39 is 0 Å². The molecule has 0 aliphatic carbocycles. The molecule has 168 valence electrons. The van der Waals surface area contributed by atoms with E-state index in [0.717, 1.165) is 30.5 Å². The van der Waals surface area contributed by atoms with Crippen LogP contribution < -0.4 is 14.2 Å². The van der Waals surface area contributed by atoms with Gasteiger partial charge >= 0.3 is 0 Å². The van der Waals surface area contributed by atoms with Gasteiger partial charge in [-0.15, -0.1) is 0 Å². The number of rotatable bonds is 4. The minimum Gasteiger partial charge on any atom is -0.493 e. The molecule has 0 spiro atoms. The molecule has 4 heterocycles. The van der Waals surface area contributed by atoms with Crippen LogP contribution in [0.2, 0.25) is 0 Å². The maximum Gasteiger partial charge on any atom is 0.250 e. The summed E-state index contributed by atoms with van der Waals surface area (Å²) in [6.07, 6.45) is 9.02. The molecular formula is C25H34N2O4. The van der Waals surface area contributed by atoms with Crippen LogP contribution >= 0.6 is 0 Å². The monoisotopic (exact) mass is 426 g/mol. The average molecular weight is 427 g/mol. The fourth-order valence-electron chi connectivity index (χ4n) is 6.71. The van der Waals surface area contributed by atoms with Crippen molar-refractivity contribution in [3.8, 4) is 17.2 Å². The Labute approximate surface area is 185 Å². The van der Waals surface area contributed by atoms with Crippen LogP contribution in [0.4, 0.5) is 0 Å². The Morgan fingerprint density at radius 3 is 2.35 bits per heavy atom. The van der Waals surface area contributed by atoms with Crippen LogP contribution in [0.15, 0.2) is 17.7 Å². The van der Waals surface area contributed by atoms with Gasteiger partial charge in [-0.05, 0) is 87.2 Å². The summed E-state index contributed by atoms with van der Waals surface area (Å²) in [7, 11) is 4.84. The van der Waals surface area contributed by atoms with E-state index in [1.807, 2.05) is 18.2 Å². The van der Waals surface area contributed by atoms with Crippen LogP contribution in [0.3, 0.4) is 0 Å². The fraction of sp³-hybridized carbons (Fsp3) is 0.640. The normalized spacial score (nSPS) is 31.8. The first-order valence-electron chi connectivity index (χ1n) is 11.7. The Bertz CT molecular complexity index is 855. The number of carbonyl (C=O) groups is 1. The number of benzene rings is 1. The fourth-order valence-corrected chi connectivity index (χ4v) is 6.71. The van der Waals surface area contributed by atoms with Gasteiger partial charge in [0.05, 0.1) is 21.3 Å². The molecule has 4 aliphatic heterocycles. The van der Waals surface area contributed by atoms with E-state index >= 15 is 0 Å². The highest BCUT2D eigenvalue weighted by molar-refractivity contribution is 5.99. The summed E-state index contributed by atoms with van der Waals surface area (Å²) in [5.41, 5.74) is 1.81. The molecule has 6 nitrogen and oxygen atoms in total. The molecular weight excluding hydrogens is 392 g/mol. The van der Waals surface area contributed by atoms with Gasteiger partial charge < -0.3 is 19.1 Å². The van der Waals surface area contributed by atoms with Gasteiger partial charge in [-0.25, -0.2) is 0 Å². The zero-order valence-electron chi connectivity index (χ0n) is 18.9. The average Bonchev–Trinajstić information content (AvgIpc) is 2.81. The second-order valence-electron chi connectivity index (χ2n) is 9.43. The van der Waals surface area contributed by atoms with Gasteiger partial charge in [0.15, 0.2) is 11.5 Å². The maximum absolute atomic E-state index is 13.6. The van der Waals surface area contributed by atoms with Gasteiger partial charge in [0.2, 0.25) is 11.7 Å². The third kappa shape index (κ3) is 3.49. The highest BCUT2D eigenvalue weighted by Crippen LogP contribution is 2.46. The largest absolute Gasteiger partial charge is 0.493 e. The Morgan fingerprint density at radius 1 is 0.968 bits per heavy atom. The van der Waals surface area contributed by atoms with Crippen LogP contribution in [0.1, 0.15) is 44.1 Å². The highest BCUT2D eigenvalue weighted by Gasteiger charge is 2.51. The Hall–Kier alpha value is -2.21. The smallest absolute Gasteiger partial charge is 0.250 e. The van der Waals surface area contributed by atoms with Gasteiger partial charge in [0, 0.05) is 24.2 Å². The maximum atomic E-state index is 13.6. The number of piperidine rings is 4. The van der Waals surface area contributed by atoms with Gasteiger partial charge in [0.25, 0.3) is 0 Å². The topological polar surface area (TPSA) is 51.2 Å². The van der Waals surface area contributed by atoms with Crippen LogP contribution in [0.25, 0.3) is 6.08 Å². The van der Waals surface area contributed by atoms with Crippen LogP contribution in [0, 0.1) is 11.8 Å². The number of hydrogen-bond donors (Lipinski definition) is 0. The molecule has 4 aliphatic rings. The molecule has 1 amide bonds. The molecule has 4 fully saturated rings. The summed E-state index contributed by atoms with van der Waals surface area (Å²) >= 11 is 0. The minimum absolute atomic E-state index is 0.228. The summed E-state index contributed by atoms with van der Waals surface area (Å²) in [5, 5.41) is 0. The number of ether oxygens (including phenoxy) is 3. The molecule has 1 aromatic rings. The van der Waals surface area contributed by atoms with Crippen molar-refractivity contribution in [2.24, 2.45) is 11.8 Å². The lowest BCUT2D eigenvalue weighted by Crippen LogP contribution is -2.66. The van der Waals surface area contributed by atoms with Gasteiger partial charge in [0.1, 0.15) is 0 Å². The van der Waals surface area contributed by atoms with E-state index in [-0.39, 0.29) is 5.91 Å².